The van der Waals surface area contributed by atoms with Crippen molar-refractivity contribution in [2.75, 3.05) is 6.61 Å². The first kappa shape index (κ1) is 19.7. The van der Waals surface area contributed by atoms with Crippen LogP contribution in [0, 0.1) is 6.92 Å². The Kier molecular flexibility index (Phi) is 5.49. The summed E-state index contributed by atoms with van der Waals surface area (Å²) in [4.78, 5) is 14.0. The van der Waals surface area contributed by atoms with Gasteiger partial charge in [-0.1, -0.05) is 18.2 Å². The predicted molar refractivity (Wildman–Crippen MR) is 118 cm³/mol. The molecule has 1 amide bonds. The quantitative estimate of drug-likeness (QED) is 0.360. The number of hydrazone groups is 1. The molecule has 0 fully saturated rings. The third kappa shape index (κ3) is 3.90. The number of phenolic OH excluding ortho intramolecular Hbond substituents is 1. The molecule has 7 nitrogen and oxygen atoms in total. The number of aryl methyl sites for hydroxylation is 1. The highest BCUT2D eigenvalue weighted by Gasteiger charge is 2.16. The van der Waals surface area contributed by atoms with E-state index in [0.717, 1.165) is 21.6 Å². The van der Waals surface area contributed by atoms with Crippen LogP contribution in [0.1, 0.15) is 27.9 Å². The Morgan fingerprint density at radius 3 is 2.83 bits per heavy atom. The first-order valence-corrected chi connectivity index (χ1v) is 10.2. The minimum atomic E-state index is -0.296. The molecule has 8 heteroatoms. The van der Waals surface area contributed by atoms with E-state index in [-0.39, 0.29) is 11.7 Å². The molecule has 0 bridgehead atoms. The summed E-state index contributed by atoms with van der Waals surface area (Å²) in [6, 6.07) is 16.5. The van der Waals surface area contributed by atoms with Gasteiger partial charge in [-0.25, -0.2) is 10.1 Å². The van der Waals surface area contributed by atoms with Gasteiger partial charge in [-0.3, -0.25) is 4.79 Å². The second-order valence-corrected chi connectivity index (χ2v) is 7.55. The number of ether oxygens (including phenoxy) is 1. The number of carbonyl (C=O) groups excluding carboxylic acids is 1. The summed E-state index contributed by atoms with van der Waals surface area (Å²) in [6.45, 7) is 4.20. The zero-order valence-corrected chi connectivity index (χ0v) is 17.3. The average Bonchev–Trinajstić information content (AvgIpc) is 3.32. The third-order valence-corrected chi connectivity index (χ3v) is 5.54. The van der Waals surface area contributed by atoms with E-state index in [0.29, 0.717) is 22.8 Å². The van der Waals surface area contributed by atoms with Crippen LogP contribution in [-0.2, 0) is 0 Å². The van der Waals surface area contributed by atoms with Gasteiger partial charge in [-0.15, -0.1) is 11.3 Å². The molecule has 30 heavy (non-hydrogen) atoms. The van der Waals surface area contributed by atoms with Gasteiger partial charge in [0.05, 0.1) is 29.1 Å². The molecule has 0 unspecified atom stereocenters. The van der Waals surface area contributed by atoms with Gasteiger partial charge >= 0.3 is 0 Å². The number of para-hydroxylation sites is 1. The zero-order chi connectivity index (χ0) is 21.1. The van der Waals surface area contributed by atoms with E-state index in [1.54, 1.807) is 12.1 Å². The second-order valence-electron chi connectivity index (χ2n) is 6.52. The van der Waals surface area contributed by atoms with Crippen molar-refractivity contribution in [1.82, 2.24) is 15.2 Å². The third-order valence-electron chi connectivity index (χ3n) is 4.43. The summed E-state index contributed by atoms with van der Waals surface area (Å²) in [5, 5.41) is 19.3. The van der Waals surface area contributed by atoms with Gasteiger partial charge in [0.15, 0.2) is 11.5 Å². The van der Waals surface area contributed by atoms with Crippen molar-refractivity contribution >= 4 is 33.7 Å². The lowest BCUT2D eigenvalue weighted by Crippen LogP contribution is -2.16. The maximum absolute atomic E-state index is 12.6. The lowest BCUT2D eigenvalue weighted by Gasteiger charge is -2.05. The van der Waals surface area contributed by atoms with Gasteiger partial charge in [-0.2, -0.15) is 10.2 Å². The number of benzene rings is 2. The Balaban J connectivity index is 1.53. The SMILES string of the molecule is CCOc1cc(C=NNC(=O)c2cc3c(C)nn(-c4ccccc4)c3s2)ccc1O. The molecule has 4 aromatic rings. The van der Waals surface area contributed by atoms with Crippen molar-refractivity contribution < 1.29 is 14.6 Å². The summed E-state index contributed by atoms with van der Waals surface area (Å²) in [6.07, 6.45) is 1.50. The van der Waals surface area contributed by atoms with Gasteiger partial charge in [0.1, 0.15) is 4.83 Å². The van der Waals surface area contributed by atoms with Crippen LogP contribution in [0.3, 0.4) is 0 Å². The van der Waals surface area contributed by atoms with Crippen LogP contribution in [0.25, 0.3) is 15.9 Å². The topological polar surface area (TPSA) is 88.7 Å². The van der Waals surface area contributed by atoms with Crippen molar-refractivity contribution in [3.8, 4) is 17.2 Å². The van der Waals surface area contributed by atoms with Crippen molar-refractivity contribution in [1.29, 1.82) is 0 Å². The van der Waals surface area contributed by atoms with E-state index >= 15 is 0 Å². The van der Waals surface area contributed by atoms with Gasteiger partial charge in [0.25, 0.3) is 5.91 Å². The van der Waals surface area contributed by atoms with Crippen LogP contribution in [0.15, 0.2) is 59.7 Å². The molecule has 2 aromatic heterocycles. The zero-order valence-electron chi connectivity index (χ0n) is 16.5. The summed E-state index contributed by atoms with van der Waals surface area (Å²) in [7, 11) is 0. The maximum atomic E-state index is 12.6. The van der Waals surface area contributed by atoms with E-state index in [4.69, 9.17) is 4.74 Å². The molecule has 0 aliphatic carbocycles. The number of aromatic hydroxyl groups is 1. The van der Waals surface area contributed by atoms with Crippen molar-refractivity contribution in [3.05, 3.63) is 70.7 Å². The molecule has 4 rings (SSSR count). The van der Waals surface area contributed by atoms with Crippen molar-refractivity contribution in [3.63, 3.8) is 0 Å². The summed E-state index contributed by atoms with van der Waals surface area (Å²) < 4.78 is 7.20. The van der Waals surface area contributed by atoms with Gasteiger partial charge in [0, 0.05) is 5.39 Å². The Labute approximate surface area is 177 Å². The highest BCUT2D eigenvalue weighted by atomic mass is 32.1. The number of fused-ring (bicyclic) bond motifs is 1. The van der Waals surface area contributed by atoms with E-state index in [1.807, 2.05) is 54.9 Å². The summed E-state index contributed by atoms with van der Waals surface area (Å²) >= 11 is 1.37. The molecule has 0 aliphatic heterocycles. The van der Waals surface area contributed by atoms with Gasteiger partial charge < -0.3 is 9.84 Å². The van der Waals surface area contributed by atoms with Crippen molar-refractivity contribution in [2.24, 2.45) is 5.10 Å². The Hall–Kier alpha value is -3.65. The molecule has 152 valence electrons. The molecule has 0 aliphatic rings. The minimum absolute atomic E-state index is 0.0612. The van der Waals surface area contributed by atoms with Crippen LogP contribution in [0.5, 0.6) is 11.5 Å². The average molecular weight is 420 g/mol. The fourth-order valence-electron chi connectivity index (χ4n) is 3.01. The number of nitrogens with zero attached hydrogens (tertiary/aromatic N) is 3. The van der Waals surface area contributed by atoms with Crippen LogP contribution in [0.4, 0.5) is 0 Å². The largest absolute Gasteiger partial charge is 0.504 e. The lowest BCUT2D eigenvalue weighted by molar-refractivity contribution is 0.0959. The first-order chi connectivity index (χ1) is 14.6. The number of hydrogen-bond donors (Lipinski definition) is 2. The number of carbonyl (C=O) groups is 1. The monoisotopic (exact) mass is 420 g/mol. The standard InChI is InChI=1S/C22H20N4O3S/c1-3-29-19-11-15(9-10-18(19)27)13-23-24-21(28)20-12-17-14(2)25-26(22(17)30-20)16-7-5-4-6-8-16/h4-13,27H,3H2,1-2H3,(H,24,28). The number of amides is 1. The molecule has 0 saturated heterocycles. The highest BCUT2D eigenvalue weighted by Crippen LogP contribution is 2.30. The molecule has 0 atom stereocenters. The van der Waals surface area contributed by atoms with E-state index in [9.17, 15) is 9.90 Å². The molecule has 0 spiro atoms. The molecular weight excluding hydrogens is 400 g/mol. The second kappa shape index (κ2) is 8.38. The Morgan fingerprint density at radius 1 is 1.27 bits per heavy atom. The minimum Gasteiger partial charge on any atom is -0.504 e. The predicted octanol–water partition coefficient (Wildman–Crippen LogP) is 4.26. The Bertz CT molecular complexity index is 1230. The molecule has 0 radical (unpaired) electrons. The molecule has 2 aromatic carbocycles. The van der Waals surface area contributed by atoms with E-state index in [1.165, 1.54) is 23.6 Å². The molecule has 2 N–H and O–H groups in total. The number of phenols is 1. The van der Waals surface area contributed by atoms with Crippen LogP contribution in [-0.4, -0.2) is 33.6 Å². The van der Waals surface area contributed by atoms with E-state index < -0.39 is 0 Å². The smallest absolute Gasteiger partial charge is 0.281 e. The van der Waals surface area contributed by atoms with Crippen LogP contribution < -0.4 is 10.2 Å². The number of hydrogen-bond acceptors (Lipinski definition) is 6. The summed E-state index contributed by atoms with van der Waals surface area (Å²) in [5.74, 6) is 0.139. The molecular formula is C22H20N4O3S. The lowest BCUT2D eigenvalue weighted by atomic mass is 10.2. The highest BCUT2D eigenvalue weighted by molar-refractivity contribution is 7.20. The van der Waals surface area contributed by atoms with Gasteiger partial charge in [0.2, 0.25) is 0 Å². The molecule has 0 saturated carbocycles. The number of aromatic nitrogens is 2. The normalized spacial score (nSPS) is 11.3. The molecule has 2 heterocycles. The van der Waals surface area contributed by atoms with Crippen LogP contribution >= 0.6 is 11.3 Å². The Morgan fingerprint density at radius 2 is 2.07 bits per heavy atom. The number of thiophene rings is 1. The number of nitrogens with one attached hydrogen (secondary N) is 1. The summed E-state index contributed by atoms with van der Waals surface area (Å²) in [5.41, 5.74) is 5.05. The fraction of sp³-hybridized carbons (Fsp3) is 0.136. The van der Waals surface area contributed by atoms with Crippen molar-refractivity contribution in [2.45, 2.75) is 13.8 Å². The first-order valence-electron chi connectivity index (χ1n) is 9.40. The van der Waals surface area contributed by atoms with Gasteiger partial charge in [-0.05, 0) is 55.8 Å². The number of rotatable bonds is 6. The van der Waals surface area contributed by atoms with E-state index in [2.05, 4.69) is 15.6 Å². The maximum Gasteiger partial charge on any atom is 0.281 e. The fourth-order valence-corrected chi connectivity index (χ4v) is 4.08. The van der Waals surface area contributed by atoms with Crippen LogP contribution in [0.2, 0.25) is 0 Å².